The smallest absolute Gasteiger partial charge is 0.227 e. The highest BCUT2D eigenvalue weighted by molar-refractivity contribution is 6.19. The van der Waals surface area contributed by atoms with Crippen molar-refractivity contribution in [2.24, 2.45) is 0 Å². The molecule has 0 aliphatic carbocycles. The summed E-state index contributed by atoms with van der Waals surface area (Å²) < 4.78 is 15.4. The predicted octanol–water partition coefficient (Wildman–Crippen LogP) is 13.6. The topological polar surface area (TPSA) is 47.3 Å². The molecule has 0 bridgehead atoms. The number of anilines is 3. The van der Waals surface area contributed by atoms with Gasteiger partial charge in [-0.25, -0.2) is 4.98 Å². The fourth-order valence-electron chi connectivity index (χ4n) is 8.00. The highest BCUT2D eigenvalue weighted by Gasteiger charge is 2.22. The number of benzene rings is 8. The van der Waals surface area contributed by atoms with E-state index in [2.05, 4.69) is 149 Å². The van der Waals surface area contributed by atoms with E-state index in [0.717, 1.165) is 78.0 Å². The number of furan rings is 1. The van der Waals surface area contributed by atoms with Crippen LogP contribution >= 0.6 is 0 Å². The van der Waals surface area contributed by atoms with Crippen LogP contribution in [0.15, 0.2) is 197 Å². The first kappa shape index (κ1) is 30.3. The third kappa shape index (κ3) is 4.76. The lowest BCUT2D eigenvalue weighted by atomic mass is 9.98. The van der Waals surface area contributed by atoms with E-state index in [1.165, 1.54) is 16.3 Å². The zero-order valence-electron chi connectivity index (χ0n) is 29.1. The predicted molar refractivity (Wildman–Crippen MR) is 221 cm³/mol. The standard InChI is InChI=1S/C49H31N3O2/c1-4-14-33(15-5-1)49-50-41-31-45-47(40-21-11-13-23-44(40)53-45)46(48(41)54-49)32-24-26-36(27-25-32)51(34-16-6-2-7-17-34)37-28-29-39-38-20-10-12-22-42(38)52(43(39)30-37)35-18-8-3-9-19-35/h1-31H. The molecule has 254 valence electrons. The van der Waals surface area contributed by atoms with Crippen molar-refractivity contribution in [2.45, 2.75) is 0 Å². The molecule has 0 fully saturated rings. The maximum absolute atomic E-state index is 6.63. The molecular weight excluding hydrogens is 663 g/mol. The summed E-state index contributed by atoms with van der Waals surface area (Å²) in [5.74, 6) is 0.582. The van der Waals surface area contributed by atoms with Crippen LogP contribution in [0.1, 0.15) is 0 Å². The summed E-state index contributed by atoms with van der Waals surface area (Å²) in [6.07, 6.45) is 0. The molecule has 5 nitrogen and oxygen atoms in total. The van der Waals surface area contributed by atoms with E-state index in [-0.39, 0.29) is 0 Å². The molecule has 0 unspecified atom stereocenters. The van der Waals surface area contributed by atoms with Crippen molar-refractivity contribution < 1.29 is 8.83 Å². The molecule has 0 aliphatic heterocycles. The molecule has 3 heterocycles. The van der Waals surface area contributed by atoms with Gasteiger partial charge in [0, 0.05) is 61.5 Å². The van der Waals surface area contributed by atoms with Crippen LogP contribution in [0.5, 0.6) is 0 Å². The largest absolute Gasteiger partial charge is 0.456 e. The number of hydrogen-bond acceptors (Lipinski definition) is 4. The van der Waals surface area contributed by atoms with E-state index in [0.29, 0.717) is 5.89 Å². The minimum atomic E-state index is 0.582. The Balaban J connectivity index is 1.10. The minimum Gasteiger partial charge on any atom is -0.456 e. The van der Waals surface area contributed by atoms with Gasteiger partial charge in [0.15, 0.2) is 5.58 Å². The summed E-state index contributed by atoms with van der Waals surface area (Å²) in [7, 11) is 0. The lowest BCUT2D eigenvalue weighted by Gasteiger charge is -2.26. The number of para-hydroxylation sites is 4. The Hall–Kier alpha value is -7.37. The Bertz CT molecular complexity index is 3140. The number of nitrogens with zero attached hydrogens (tertiary/aromatic N) is 3. The first-order chi connectivity index (χ1) is 26.8. The third-order valence-electron chi connectivity index (χ3n) is 10.4. The molecule has 0 saturated carbocycles. The molecule has 0 saturated heterocycles. The van der Waals surface area contributed by atoms with Crippen molar-refractivity contribution in [1.29, 1.82) is 0 Å². The van der Waals surface area contributed by atoms with Crippen molar-refractivity contribution in [3.8, 4) is 28.3 Å². The first-order valence-corrected chi connectivity index (χ1v) is 18.1. The Morgan fingerprint density at radius 2 is 1.07 bits per heavy atom. The van der Waals surface area contributed by atoms with Gasteiger partial charge in [-0.05, 0) is 78.4 Å². The van der Waals surface area contributed by atoms with E-state index in [9.17, 15) is 0 Å². The van der Waals surface area contributed by atoms with Crippen molar-refractivity contribution in [2.75, 3.05) is 4.90 Å². The van der Waals surface area contributed by atoms with Crippen LogP contribution < -0.4 is 4.90 Å². The molecule has 0 N–H and O–H groups in total. The number of aromatic nitrogens is 2. The van der Waals surface area contributed by atoms with Gasteiger partial charge in [0.05, 0.1) is 11.0 Å². The number of hydrogen-bond donors (Lipinski definition) is 0. The normalized spacial score (nSPS) is 11.7. The average Bonchev–Trinajstić information content (AvgIpc) is 3.93. The monoisotopic (exact) mass is 693 g/mol. The van der Waals surface area contributed by atoms with Crippen LogP contribution in [0.4, 0.5) is 17.1 Å². The molecule has 0 amide bonds. The number of rotatable bonds is 6. The fourth-order valence-corrected chi connectivity index (χ4v) is 8.00. The Morgan fingerprint density at radius 1 is 0.444 bits per heavy atom. The summed E-state index contributed by atoms with van der Waals surface area (Å²) in [6, 6.07) is 65.6. The zero-order valence-corrected chi connectivity index (χ0v) is 29.1. The summed E-state index contributed by atoms with van der Waals surface area (Å²) in [5, 5.41) is 4.50. The summed E-state index contributed by atoms with van der Waals surface area (Å²) in [6.45, 7) is 0. The van der Waals surface area contributed by atoms with E-state index >= 15 is 0 Å². The van der Waals surface area contributed by atoms with Crippen molar-refractivity contribution in [3.63, 3.8) is 0 Å². The van der Waals surface area contributed by atoms with Crippen LogP contribution in [-0.2, 0) is 0 Å². The van der Waals surface area contributed by atoms with Gasteiger partial charge in [0.25, 0.3) is 0 Å². The summed E-state index contributed by atoms with van der Waals surface area (Å²) in [5.41, 5.74) is 12.7. The van der Waals surface area contributed by atoms with Crippen LogP contribution in [0.25, 0.3) is 83.1 Å². The zero-order chi connectivity index (χ0) is 35.6. The molecule has 0 aliphatic rings. The van der Waals surface area contributed by atoms with Gasteiger partial charge in [0.2, 0.25) is 5.89 Å². The van der Waals surface area contributed by atoms with Gasteiger partial charge in [-0.3, -0.25) is 0 Å². The quantitative estimate of drug-likeness (QED) is 0.174. The van der Waals surface area contributed by atoms with E-state index in [1.807, 2.05) is 48.5 Å². The Kier molecular flexibility index (Phi) is 6.79. The first-order valence-electron chi connectivity index (χ1n) is 18.1. The van der Waals surface area contributed by atoms with Crippen LogP contribution in [0, 0.1) is 0 Å². The minimum absolute atomic E-state index is 0.582. The van der Waals surface area contributed by atoms with Gasteiger partial charge < -0.3 is 18.3 Å². The summed E-state index contributed by atoms with van der Waals surface area (Å²) in [4.78, 5) is 7.27. The van der Waals surface area contributed by atoms with Crippen molar-refractivity contribution in [3.05, 3.63) is 188 Å². The molecular formula is C49H31N3O2. The number of oxazole rings is 1. The van der Waals surface area contributed by atoms with E-state index in [1.54, 1.807) is 0 Å². The Morgan fingerprint density at radius 3 is 1.87 bits per heavy atom. The molecule has 0 spiro atoms. The molecule has 5 heteroatoms. The molecule has 11 aromatic rings. The molecule has 0 atom stereocenters. The lowest BCUT2D eigenvalue weighted by Crippen LogP contribution is -2.10. The maximum atomic E-state index is 6.63. The molecule has 54 heavy (non-hydrogen) atoms. The fraction of sp³-hybridized carbons (Fsp3) is 0. The molecule has 11 rings (SSSR count). The average molecular weight is 694 g/mol. The van der Waals surface area contributed by atoms with Crippen molar-refractivity contribution in [1.82, 2.24) is 9.55 Å². The van der Waals surface area contributed by atoms with Crippen LogP contribution in [-0.4, -0.2) is 9.55 Å². The SMILES string of the molecule is c1ccc(-c2nc3cc4oc5ccccc5c4c(-c4ccc(N(c5ccccc5)c5ccc6c7ccccc7n(-c7ccccc7)c6c5)cc4)c3o2)cc1. The number of fused-ring (bicyclic) bond motifs is 7. The van der Waals surface area contributed by atoms with Gasteiger partial charge in [-0.15, -0.1) is 0 Å². The summed E-state index contributed by atoms with van der Waals surface area (Å²) >= 11 is 0. The van der Waals surface area contributed by atoms with Crippen LogP contribution in [0.2, 0.25) is 0 Å². The second kappa shape index (κ2) is 12.1. The van der Waals surface area contributed by atoms with Crippen LogP contribution in [0.3, 0.4) is 0 Å². The Labute approximate surface area is 310 Å². The third-order valence-corrected chi connectivity index (χ3v) is 10.4. The van der Waals surface area contributed by atoms with E-state index < -0.39 is 0 Å². The second-order valence-electron chi connectivity index (χ2n) is 13.6. The van der Waals surface area contributed by atoms with Gasteiger partial charge >= 0.3 is 0 Å². The van der Waals surface area contributed by atoms with Gasteiger partial charge in [0.1, 0.15) is 16.7 Å². The molecule has 8 aromatic carbocycles. The van der Waals surface area contributed by atoms with Gasteiger partial charge in [-0.2, -0.15) is 0 Å². The van der Waals surface area contributed by atoms with Crippen molar-refractivity contribution >= 4 is 71.9 Å². The highest BCUT2D eigenvalue weighted by atomic mass is 16.4. The second-order valence-corrected chi connectivity index (χ2v) is 13.6. The highest BCUT2D eigenvalue weighted by Crippen LogP contribution is 2.45. The maximum Gasteiger partial charge on any atom is 0.227 e. The van der Waals surface area contributed by atoms with E-state index in [4.69, 9.17) is 13.8 Å². The molecule has 3 aromatic heterocycles. The molecule has 0 radical (unpaired) electrons. The van der Waals surface area contributed by atoms with Gasteiger partial charge in [-0.1, -0.05) is 109 Å². The lowest BCUT2D eigenvalue weighted by molar-refractivity contribution is 0.621.